The van der Waals surface area contributed by atoms with Crippen molar-refractivity contribution in [3.05, 3.63) is 47.8 Å². The Hall–Kier alpha value is -2.47. The number of hydrazine groups is 1. The number of aromatic nitrogens is 2. The van der Waals surface area contributed by atoms with Crippen LogP contribution in [0, 0.1) is 6.92 Å². The van der Waals surface area contributed by atoms with E-state index in [1.807, 2.05) is 19.1 Å². The first-order chi connectivity index (χ1) is 8.70. The quantitative estimate of drug-likeness (QED) is 0.558. The number of nitrogens with zero attached hydrogens (tertiary/aromatic N) is 2. The number of amides is 1. The summed E-state index contributed by atoms with van der Waals surface area (Å²) in [5.74, 6) is 5.80. The largest absolute Gasteiger partial charge is 0.308 e. The number of nitrogen functional groups attached to an aromatic ring is 1. The standard InChI is InChI=1S/C12H13N5O/c1-8-4-2-6-10(15-8)16-12(18)9-5-3-7-14-11(9)17-13/h2-7H,13H2,1H3,(H,14,17)(H,15,16,18). The van der Waals surface area contributed by atoms with Gasteiger partial charge in [-0.15, -0.1) is 0 Å². The number of nitrogens with one attached hydrogen (secondary N) is 2. The Kier molecular flexibility index (Phi) is 3.49. The Bertz CT molecular complexity index is 570. The van der Waals surface area contributed by atoms with Crippen molar-refractivity contribution in [1.82, 2.24) is 9.97 Å². The molecule has 4 N–H and O–H groups in total. The van der Waals surface area contributed by atoms with Gasteiger partial charge in [-0.25, -0.2) is 15.8 Å². The third-order valence-corrected chi connectivity index (χ3v) is 2.32. The lowest BCUT2D eigenvalue weighted by Gasteiger charge is -2.08. The highest BCUT2D eigenvalue weighted by Gasteiger charge is 2.11. The van der Waals surface area contributed by atoms with Gasteiger partial charge in [-0.2, -0.15) is 0 Å². The SMILES string of the molecule is Cc1cccc(NC(=O)c2cccnc2NN)n1. The Morgan fingerprint density at radius 2 is 2.11 bits per heavy atom. The molecule has 0 bridgehead atoms. The second-order valence-corrected chi connectivity index (χ2v) is 3.66. The molecule has 92 valence electrons. The van der Waals surface area contributed by atoms with Gasteiger partial charge in [0.1, 0.15) is 5.82 Å². The first kappa shape index (κ1) is 12.0. The summed E-state index contributed by atoms with van der Waals surface area (Å²) >= 11 is 0. The van der Waals surface area contributed by atoms with Gasteiger partial charge in [0.25, 0.3) is 5.91 Å². The number of carbonyl (C=O) groups excluding carboxylic acids is 1. The summed E-state index contributed by atoms with van der Waals surface area (Å²) < 4.78 is 0. The monoisotopic (exact) mass is 243 g/mol. The van der Waals surface area contributed by atoms with E-state index in [9.17, 15) is 4.79 Å². The highest BCUT2D eigenvalue weighted by Crippen LogP contribution is 2.12. The summed E-state index contributed by atoms with van der Waals surface area (Å²) in [6.07, 6.45) is 1.55. The molecule has 0 spiro atoms. The Balaban J connectivity index is 2.22. The normalized spacial score (nSPS) is 9.89. The van der Waals surface area contributed by atoms with Crippen LogP contribution in [0.5, 0.6) is 0 Å². The fourth-order valence-corrected chi connectivity index (χ4v) is 1.50. The summed E-state index contributed by atoms with van der Waals surface area (Å²) in [4.78, 5) is 20.2. The molecular weight excluding hydrogens is 230 g/mol. The Morgan fingerprint density at radius 1 is 1.28 bits per heavy atom. The molecule has 0 aliphatic rings. The minimum Gasteiger partial charge on any atom is -0.308 e. The van der Waals surface area contributed by atoms with Crippen LogP contribution in [-0.4, -0.2) is 15.9 Å². The van der Waals surface area contributed by atoms with E-state index in [-0.39, 0.29) is 5.91 Å². The number of rotatable bonds is 3. The van der Waals surface area contributed by atoms with Gasteiger partial charge in [0.05, 0.1) is 5.56 Å². The average Bonchev–Trinajstić information content (AvgIpc) is 2.38. The highest BCUT2D eigenvalue weighted by atomic mass is 16.1. The molecule has 18 heavy (non-hydrogen) atoms. The van der Waals surface area contributed by atoms with E-state index in [2.05, 4.69) is 20.7 Å². The number of hydrogen-bond acceptors (Lipinski definition) is 5. The van der Waals surface area contributed by atoms with E-state index in [1.165, 1.54) is 0 Å². The molecule has 0 saturated carbocycles. The van der Waals surface area contributed by atoms with Crippen LogP contribution < -0.4 is 16.6 Å². The molecule has 2 aromatic rings. The molecule has 0 unspecified atom stereocenters. The van der Waals surface area contributed by atoms with E-state index in [1.54, 1.807) is 24.4 Å². The van der Waals surface area contributed by atoms with Gasteiger partial charge in [-0.1, -0.05) is 6.07 Å². The van der Waals surface area contributed by atoms with Crippen molar-refractivity contribution in [1.29, 1.82) is 0 Å². The van der Waals surface area contributed by atoms with Gasteiger partial charge in [-0.05, 0) is 31.2 Å². The molecule has 2 rings (SSSR count). The topological polar surface area (TPSA) is 92.9 Å². The van der Waals surface area contributed by atoms with Crippen molar-refractivity contribution in [3.8, 4) is 0 Å². The molecule has 0 aliphatic carbocycles. The van der Waals surface area contributed by atoms with E-state index in [0.29, 0.717) is 17.2 Å². The fraction of sp³-hybridized carbons (Fsp3) is 0.0833. The third-order valence-electron chi connectivity index (χ3n) is 2.32. The lowest BCUT2D eigenvalue weighted by molar-refractivity contribution is 0.102. The Morgan fingerprint density at radius 3 is 2.83 bits per heavy atom. The number of hydrogen-bond donors (Lipinski definition) is 3. The summed E-state index contributed by atoms with van der Waals surface area (Å²) in [7, 11) is 0. The number of carbonyl (C=O) groups is 1. The maximum absolute atomic E-state index is 12.0. The molecule has 0 radical (unpaired) electrons. The van der Waals surface area contributed by atoms with Crippen molar-refractivity contribution in [2.75, 3.05) is 10.7 Å². The van der Waals surface area contributed by atoms with E-state index in [4.69, 9.17) is 5.84 Å². The molecule has 0 saturated heterocycles. The first-order valence-electron chi connectivity index (χ1n) is 5.37. The molecule has 0 aromatic carbocycles. The van der Waals surface area contributed by atoms with Crippen LogP contribution in [0.25, 0.3) is 0 Å². The van der Waals surface area contributed by atoms with Crippen molar-refractivity contribution in [2.24, 2.45) is 5.84 Å². The summed E-state index contributed by atoms with van der Waals surface area (Å²) in [5.41, 5.74) is 3.58. The van der Waals surface area contributed by atoms with Gasteiger partial charge in [0.2, 0.25) is 0 Å². The average molecular weight is 243 g/mol. The van der Waals surface area contributed by atoms with Gasteiger partial charge >= 0.3 is 0 Å². The van der Waals surface area contributed by atoms with Gasteiger partial charge in [-0.3, -0.25) is 4.79 Å². The number of nitrogens with two attached hydrogens (primary N) is 1. The van der Waals surface area contributed by atoms with Gasteiger partial charge < -0.3 is 10.7 Å². The number of aryl methyl sites for hydroxylation is 1. The van der Waals surface area contributed by atoms with Crippen LogP contribution in [0.4, 0.5) is 11.6 Å². The molecule has 6 heteroatoms. The van der Waals surface area contributed by atoms with Crippen LogP contribution in [0.1, 0.15) is 16.1 Å². The van der Waals surface area contributed by atoms with E-state index < -0.39 is 0 Å². The van der Waals surface area contributed by atoms with Crippen molar-refractivity contribution in [2.45, 2.75) is 6.92 Å². The van der Waals surface area contributed by atoms with Crippen molar-refractivity contribution in [3.63, 3.8) is 0 Å². The molecule has 6 nitrogen and oxygen atoms in total. The number of pyridine rings is 2. The van der Waals surface area contributed by atoms with Crippen LogP contribution in [-0.2, 0) is 0 Å². The summed E-state index contributed by atoms with van der Waals surface area (Å²) in [6, 6.07) is 8.69. The maximum Gasteiger partial charge on any atom is 0.260 e. The molecule has 0 fully saturated rings. The van der Waals surface area contributed by atoms with Crippen LogP contribution in [0.2, 0.25) is 0 Å². The van der Waals surface area contributed by atoms with Crippen LogP contribution in [0.15, 0.2) is 36.5 Å². The molecule has 2 heterocycles. The smallest absolute Gasteiger partial charge is 0.260 e. The zero-order valence-corrected chi connectivity index (χ0v) is 9.84. The first-order valence-corrected chi connectivity index (χ1v) is 5.37. The third kappa shape index (κ3) is 2.61. The molecular formula is C12H13N5O. The minimum atomic E-state index is -0.311. The predicted octanol–water partition coefficient (Wildman–Crippen LogP) is 1.32. The zero-order valence-electron chi connectivity index (χ0n) is 9.84. The van der Waals surface area contributed by atoms with Crippen LogP contribution >= 0.6 is 0 Å². The highest BCUT2D eigenvalue weighted by molar-refractivity contribution is 6.06. The molecule has 0 aliphatic heterocycles. The van der Waals surface area contributed by atoms with Gasteiger partial charge in [0, 0.05) is 11.9 Å². The maximum atomic E-state index is 12.0. The molecule has 1 amide bonds. The summed E-state index contributed by atoms with van der Waals surface area (Å²) in [5, 5.41) is 2.69. The Labute approximate surface area is 104 Å². The van der Waals surface area contributed by atoms with E-state index >= 15 is 0 Å². The van der Waals surface area contributed by atoms with Crippen LogP contribution in [0.3, 0.4) is 0 Å². The number of anilines is 2. The zero-order chi connectivity index (χ0) is 13.0. The second kappa shape index (κ2) is 5.24. The van der Waals surface area contributed by atoms with Crippen molar-refractivity contribution >= 4 is 17.5 Å². The second-order valence-electron chi connectivity index (χ2n) is 3.66. The van der Waals surface area contributed by atoms with Crippen molar-refractivity contribution < 1.29 is 4.79 Å². The predicted molar refractivity (Wildman–Crippen MR) is 69.0 cm³/mol. The van der Waals surface area contributed by atoms with Gasteiger partial charge in [0.15, 0.2) is 5.82 Å². The molecule has 0 atom stereocenters. The summed E-state index contributed by atoms with van der Waals surface area (Å²) in [6.45, 7) is 1.85. The lowest BCUT2D eigenvalue weighted by Crippen LogP contribution is -2.18. The van der Waals surface area contributed by atoms with E-state index in [0.717, 1.165) is 5.69 Å². The minimum absolute atomic E-state index is 0.311. The fourth-order valence-electron chi connectivity index (χ4n) is 1.50. The molecule has 2 aromatic heterocycles. The lowest BCUT2D eigenvalue weighted by atomic mass is 10.2.